The average molecular weight is 403 g/mol. The third-order valence-corrected chi connectivity index (χ3v) is 6.41. The van der Waals surface area contributed by atoms with Crippen LogP contribution >= 0.6 is 11.6 Å². The number of nitrogens with zero attached hydrogens (tertiary/aromatic N) is 3. The van der Waals surface area contributed by atoms with Gasteiger partial charge in [0.05, 0.1) is 24.8 Å². The fourth-order valence-corrected chi connectivity index (χ4v) is 4.90. The number of hydrogen-bond donors (Lipinski definition) is 2. The third-order valence-electron chi connectivity index (χ3n) is 6.04. The molecule has 28 heavy (non-hydrogen) atoms. The molecule has 1 saturated heterocycles. The van der Waals surface area contributed by atoms with Gasteiger partial charge in [0.25, 0.3) is 0 Å². The van der Waals surface area contributed by atoms with E-state index in [0.717, 1.165) is 38.0 Å². The van der Waals surface area contributed by atoms with Crippen molar-refractivity contribution in [1.82, 2.24) is 20.0 Å². The first kappa shape index (κ1) is 19.4. The molecule has 0 unspecified atom stereocenters. The summed E-state index contributed by atoms with van der Waals surface area (Å²) in [6.07, 6.45) is 5.28. The highest BCUT2D eigenvalue weighted by Gasteiger charge is 2.42. The van der Waals surface area contributed by atoms with E-state index in [2.05, 4.69) is 21.5 Å². The normalized spacial score (nSPS) is 27.5. The molecule has 2 aromatic rings. The molecule has 1 aliphatic heterocycles. The van der Waals surface area contributed by atoms with E-state index >= 15 is 0 Å². The zero-order chi connectivity index (χ0) is 19.7. The first-order valence-corrected chi connectivity index (χ1v) is 10.3. The Bertz CT molecular complexity index is 839. The summed E-state index contributed by atoms with van der Waals surface area (Å²) in [5.74, 6) is 0.912. The number of hydrogen-bond acceptors (Lipinski definition) is 4. The second-order valence-electron chi connectivity index (χ2n) is 8.22. The summed E-state index contributed by atoms with van der Waals surface area (Å²) in [5.41, 5.74) is 2.03. The predicted molar refractivity (Wildman–Crippen MR) is 108 cm³/mol. The molecule has 1 saturated carbocycles. The van der Waals surface area contributed by atoms with Gasteiger partial charge >= 0.3 is 0 Å². The van der Waals surface area contributed by atoms with Gasteiger partial charge in [-0.1, -0.05) is 29.8 Å². The first-order chi connectivity index (χ1) is 13.5. The molecule has 2 heterocycles. The number of carbonyl (C=O) groups excluding carboxylic acids is 1. The molecule has 7 heteroatoms. The van der Waals surface area contributed by atoms with Crippen molar-refractivity contribution in [2.45, 2.75) is 38.0 Å². The van der Waals surface area contributed by atoms with Crippen molar-refractivity contribution < 1.29 is 9.90 Å². The summed E-state index contributed by atoms with van der Waals surface area (Å²) in [6, 6.07) is 7.20. The van der Waals surface area contributed by atoms with E-state index < -0.39 is 6.10 Å². The standard InChI is InChI=1S/C21H27ClN4O2/c1-25-10-14(9-23-25)11-26-12-16-6-19(20(27)7-17(16)13-26)24-21(28)8-15-4-2-3-5-18(15)22/h2-5,9-10,16-17,19-20,27H,6-8,11-13H2,1H3,(H,24,28)/t16-,17+,19-,20-/m0/s1. The number of nitrogens with one attached hydrogen (secondary N) is 1. The number of benzene rings is 1. The van der Waals surface area contributed by atoms with Gasteiger partial charge in [0.15, 0.2) is 0 Å². The van der Waals surface area contributed by atoms with Crippen LogP contribution in [-0.4, -0.2) is 50.9 Å². The minimum Gasteiger partial charge on any atom is -0.391 e. The molecular formula is C21H27ClN4O2. The zero-order valence-electron chi connectivity index (χ0n) is 16.1. The molecule has 150 valence electrons. The van der Waals surface area contributed by atoms with Crippen LogP contribution in [0.2, 0.25) is 5.02 Å². The van der Waals surface area contributed by atoms with E-state index in [1.165, 1.54) is 5.56 Å². The zero-order valence-corrected chi connectivity index (χ0v) is 16.8. The molecule has 1 aliphatic carbocycles. The second-order valence-corrected chi connectivity index (χ2v) is 8.62. The van der Waals surface area contributed by atoms with Crippen molar-refractivity contribution in [2.75, 3.05) is 13.1 Å². The fourth-order valence-electron chi connectivity index (χ4n) is 4.70. The molecule has 6 nitrogen and oxygen atoms in total. The molecule has 2 aliphatic rings. The van der Waals surface area contributed by atoms with Crippen LogP contribution < -0.4 is 5.32 Å². The summed E-state index contributed by atoms with van der Waals surface area (Å²) in [6.45, 7) is 2.89. The van der Waals surface area contributed by atoms with Gasteiger partial charge in [-0.15, -0.1) is 0 Å². The summed E-state index contributed by atoms with van der Waals surface area (Å²) in [7, 11) is 1.93. The molecule has 1 amide bonds. The van der Waals surface area contributed by atoms with E-state index in [-0.39, 0.29) is 18.4 Å². The number of aromatic nitrogens is 2. The number of carbonyl (C=O) groups is 1. The van der Waals surface area contributed by atoms with E-state index in [4.69, 9.17) is 11.6 Å². The number of aryl methyl sites for hydroxylation is 1. The summed E-state index contributed by atoms with van der Waals surface area (Å²) in [4.78, 5) is 14.9. The molecule has 2 fully saturated rings. The minimum atomic E-state index is -0.491. The number of aliphatic hydroxyl groups excluding tert-OH is 1. The number of amides is 1. The highest BCUT2D eigenvalue weighted by atomic mass is 35.5. The van der Waals surface area contributed by atoms with E-state index in [1.807, 2.05) is 36.1 Å². The SMILES string of the molecule is Cn1cc(CN2C[C@H]3C[C@H](O)[C@@H](NC(=O)Cc4ccccc4Cl)C[C@H]3C2)cn1. The van der Waals surface area contributed by atoms with E-state index in [1.54, 1.807) is 6.07 Å². The van der Waals surface area contributed by atoms with Crippen LogP contribution in [0.3, 0.4) is 0 Å². The third kappa shape index (κ3) is 4.40. The lowest BCUT2D eigenvalue weighted by molar-refractivity contribution is -0.122. The average Bonchev–Trinajstić information content (AvgIpc) is 3.22. The molecule has 0 bridgehead atoms. The molecule has 1 aromatic heterocycles. The largest absolute Gasteiger partial charge is 0.391 e. The van der Waals surface area contributed by atoms with Crippen LogP contribution in [0.15, 0.2) is 36.7 Å². The van der Waals surface area contributed by atoms with Crippen LogP contribution in [-0.2, 0) is 24.8 Å². The maximum Gasteiger partial charge on any atom is 0.224 e. The van der Waals surface area contributed by atoms with Crippen molar-refractivity contribution in [1.29, 1.82) is 0 Å². The van der Waals surface area contributed by atoms with E-state index in [0.29, 0.717) is 16.9 Å². The summed E-state index contributed by atoms with van der Waals surface area (Å²) >= 11 is 6.16. The maximum absolute atomic E-state index is 12.5. The number of rotatable bonds is 5. The Labute approximate surface area is 170 Å². The number of likely N-dealkylation sites (tertiary alicyclic amines) is 1. The predicted octanol–water partition coefficient (Wildman–Crippen LogP) is 2.00. The van der Waals surface area contributed by atoms with Crippen molar-refractivity contribution in [3.05, 3.63) is 52.8 Å². The Morgan fingerprint density at radius 3 is 2.75 bits per heavy atom. The van der Waals surface area contributed by atoms with Gasteiger partial charge in [0.1, 0.15) is 0 Å². The molecular weight excluding hydrogens is 376 g/mol. The molecule has 4 atom stereocenters. The van der Waals surface area contributed by atoms with Crippen molar-refractivity contribution in [3.8, 4) is 0 Å². The lowest BCUT2D eigenvalue weighted by atomic mass is 9.77. The topological polar surface area (TPSA) is 70.4 Å². The highest BCUT2D eigenvalue weighted by molar-refractivity contribution is 6.31. The Balaban J connectivity index is 1.32. The second kappa shape index (κ2) is 8.23. The molecule has 0 spiro atoms. The first-order valence-electron chi connectivity index (χ1n) is 9.88. The van der Waals surface area contributed by atoms with Gasteiger partial charge < -0.3 is 10.4 Å². The lowest BCUT2D eigenvalue weighted by Crippen LogP contribution is -2.49. The summed E-state index contributed by atoms with van der Waals surface area (Å²) < 4.78 is 1.83. The molecule has 4 rings (SSSR count). The van der Waals surface area contributed by atoms with Crippen molar-refractivity contribution in [2.24, 2.45) is 18.9 Å². The summed E-state index contributed by atoms with van der Waals surface area (Å²) in [5, 5.41) is 18.5. The Hall–Kier alpha value is -1.89. The minimum absolute atomic E-state index is 0.0826. The number of fused-ring (bicyclic) bond motifs is 1. The fraction of sp³-hybridized carbons (Fsp3) is 0.524. The van der Waals surface area contributed by atoms with Crippen LogP contribution in [0.4, 0.5) is 0 Å². The Kier molecular flexibility index (Phi) is 5.71. The number of halogens is 1. The molecule has 0 radical (unpaired) electrons. The Morgan fingerprint density at radius 2 is 2.04 bits per heavy atom. The molecule has 2 N–H and O–H groups in total. The van der Waals surface area contributed by atoms with Gasteiger partial charge in [0, 0.05) is 43.5 Å². The molecule has 1 aromatic carbocycles. The van der Waals surface area contributed by atoms with Crippen LogP contribution in [0, 0.1) is 11.8 Å². The monoisotopic (exact) mass is 402 g/mol. The van der Waals surface area contributed by atoms with Gasteiger partial charge in [0.2, 0.25) is 5.91 Å². The Morgan fingerprint density at radius 1 is 1.29 bits per heavy atom. The maximum atomic E-state index is 12.5. The van der Waals surface area contributed by atoms with Crippen LogP contribution in [0.5, 0.6) is 0 Å². The van der Waals surface area contributed by atoms with E-state index in [9.17, 15) is 9.90 Å². The lowest BCUT2D eigenvalue weighted by Gasteiger charge is -2.35. The quantitative estimate of drug-likeness (QED) is 0.802. The van der Waals surface area contributed by atoms with Crippen LogP contribution in [0.25, 0.3) is 0 Å². The smallest absolute Gasteiger partial charge is 0.224 e. The van der Waals surface area contributed by atoms with Gasteiger partial charge in [-0.2, -0.15) is 5.10 Å². The highest BCUT2D eigenvalue weighted by Crippen LogP contribution is 2.37. The van der Waals surface area contributed by atoms with Gasteiger partial charge in [-0.3, -0.25) is 14.4 Å². The number of aliphatic hydroxyl groups is 1. The van der Waals surface area contributed by atoms with Crippen molar-refractivity contribution >= 4 is 17.5 Å². The van der Waals surface area contributed by atoms with Crippen molar-refractivity contribution in [3.63, 3.8) is 0 Å². The van der Waals surface area contributed by atoms with Gasteiger partial charge in [-0.05, 0) is 36.3 Å². The van der Waals surface area contributed by atoms with Crippen LogP contribution in [0.1, 0.15) is 24.0 Å². The van der Waals surface area contributed by atoms with Gasteiger partial charge in [-0.25, -0.2) is 0 Å².